The van der Waals surface area contributed by atoms with Gasteiger partial charge in [0.2, 0.25) is 0 Å². The molecule has 0 heterocycles. The summed E-state index contributed by atoms with van der Waals surface area (Å²) in [5, 5.41) is 9.06. The van der Waals surface area contributed by atoms with Gasteiger partial charge >= 0.3 is 0 Å². The van der Waals surface area contributed by atoms with Crippen LogP contribution in [0.25, 0.3) is 0 Å². The Morgan fingerprint density at radius 1 is 1.00 bits per heavy atom. The Hall–Kier alpha value is -1.96. The summed E-state index contributed by atoms with van der Waals surface area (Å²) >= 11 is 0. The largest absolute Gasteiger partial charge is 0.508 e. The topological polar surface area (TPSA) is 29.5 Å². The average molecular weight is 185 g/mol. The molecule has 0 atom stereocenters. The zero-order chi connectivity index (χ0) is 9.80. The minimum atomic E-state index is 0.231. The van der Waals surface area contributed by atoms with E-state index in [-0.39, 0.29) is 5.75 Å². The predicted molar refractivity (Wildman–Crippen MR) is 53.5 cm³/mol. The van der Waals surface area contributed by atoms with Gasteiger partial charge in [0.25, 0.3) is 0 Å². The monoisotopic (exact) mass is 185 g/mol. The van der Waals surface area contributed by atoms with E-state index < -0.39 is 0 Å². The number of benzene rings is 2. The number of aromatic hydroxyl groups is 1. The van der Waals surface area contributed by atoms with Crippen LogP contribution in [-0.2, 0) is 0 Å². The summed E-state index contributed by atoms with van der Waals surface area (Å²) in [6.45, 7) is 0. The van der Waals surface area contributed by atoms with E-state index in [4.69, 9.17) is 9.84 Å². The van der Waals surface area contributed by atoms with E-state index in [2.05, 4.69) is 6.07 Å². The van der Waals surface area contributed by atoms with Gasteiger partial charge in [-0.05, 0) is 30.3 Å². The minimum Gasteiger partial charge on any atom is -0.508 e. The lowest BCUT2D eigenvalue weighted by atomic mass is 10.3. The fraction of sp³-hybridized carbons (Fsp3) is 0. The molecular formula is C12H9O2. The van der Waals surface area contributed by atoms with Gasteiger partial charge in [-0.15, -0.1) is 0 Å². The summed E-state index contributed by atoms with van der Waals surface area (Å²) in [4.78, 5) is 0. The van der Waals surface area contributed by atoms with Crippen molar-refractivity contribution in [3.8, 4) is 17.2 Å². The van der Waals surface area contributed by atoms with Crippen molar-refractivity contribution in [2.45, 2.75) is 0 Å². The first-order valence-electron chi connectivity index (χ1n) is 4.28. The van der Waals surface area contributed by atoms with Crippen molar-refractivity contribution < 1.29 is 9.84 Å². The first-order valence-corrected chi connectivity index (χ1v) is 4.28. The van der Waals surface area contributed by atoms with Gasteiger partial charge in [0, 0.05) is 6.07 Å². The highest BCUT2D eigenvalue weighted by molar-refractivity contribution is 5.34. The maximum Gasteiger partial charge on any atom is 0.135 e. The lowest BCUT2D eigenvalue weighted by Crippen LogP contribution is -1.82. The van der Waals surface area contributed by atoms with Gasteiger partial charge in [-0.1, -0.05) is 18.2 Å². The van der Waals surface area contributed by atoms with Gasteiger partial charge in [-0.25, -0.2) is 0 Å². The molecule has 0 saturated carbocycles. The van der Waals surface area contributed by atoms with Crippen molar-refractivity contribution in [1.82, 2.24) is 0 Å². The maximum absolute atomic E-state index is 9.06. The molecule has 0 aliphatic heterocycles. The van der Waals surface area contributed by atoms with Crippen molar-refractivity contribution in [3.05, 3.63) is 54.6 Å². The van der Waals surface area contributed by atoms with Gasteiger partial charge < -0.3 is 9.84 Å². The van der Waals surface area contributed by atoms with Crippen LogP contribution in [0.5, 0.6) is 17.2 Å². The van der Waals surface area contributed by atoms with Crippen LogP contribution in [0.2, 0.25) is 0 Å². The van der Waals surface area contributed by atoms with Gasteiger partial charge in [0.15, 0.2) is 0 Å². The van der Waals surface area contributed by atoms with Crippen LogP contribution >= 0.6 is 0 Å². The third kappa shape index (κ3) is 2.04. The maximum atomic E-state index is 9.06. The molecule has 0 unspecified atom stereocenters. The Bertz CT molecular complexity index is 392. The molecule has 2 nitrogen and oxygen atoms in total. The second-order valence-electron chi connectivity index (χ2n) is 2.82. The van der Waals surface area contributed by atoms with Crippen LogP contribution in [0.15, 0.2) is 48.5 Å². The molecule has 2 rings (SSSR count). The summed E-state index contributed by atoms with van der Waals surface area (Å²) in [5.41, 5.74) is 0. The summed E-state index contributed by atoms with van der Waals surface area (Å²) in [6, 6.07) is 16.9. The van der Waals surface area contributed by atoms with E-state index in [1.807, 2.05) is 18.2 Å². The Balaban J connectivity index is 2.16. The fourth-order valence-electron chi connectivity index (χ4n) is 1.08. The number of rotatable bonds is 2. The summed E-state index contributed by atoms with van der Waals surface area (Å²) < 4.78 is 5.47. The van der Waals surface area contributed by atoms with Crippen molar-refractivity contribution >= 4 is 0 Å². The van der Waals surface area contributed by atoms with Crippen LogP contribution in [0, 0.1) is 6.07 Å². The molecule has 0 bridgehead atoms. The number of phenols is 1. The smallest absolute Gasteiger partial charge is 0.135 e. The average Bonchev–Trinajstić information content (AvgIpc) is 2.23. The van der Waals surface area contributed by atoms with Gasteiger partial charge in [-0.2, -0.15) is 0 Å². The highest BCUT2D eigenvalue weighted by Crippen LogP contribution is 2.22. The number of para-hydroxylation sites is 1. The molecule has 2 aromatic rings. The minimum absolute atomic E-state index is 0.231. The number of hydrogen-bond donors (Lipinski definition) is 1. The van der Waals surface area contributed by atoms with Gasteiger partial charge in [0.05, 0.1) is 0 Å². The van der Waals surface area contributed by atoms with Crippen LogP contribution in [0.1, 0.15) is 0 Å². The quantitative estimate of drug-likeness (QED) is 0.779. The van der Waals surface area contributed by atoms with Crippen molar-refractivity contribution in [3.63, 3.8) is 0 Å². The van der Waals surface area contributed by atoms with Gasteiger partial charge in [-0.3, -0.25) is 0 Å². The Morgan fingerprint density at radius 2 is 1.79 bits per heavy atom. The molecule has 1 N–H and O–H groups in total. The molecule has 2 aromatic carbocycles. The third-order valence-electron chi connectivity index (χ3n) is 1.75. The zero-order valence-corrected chi connectivity index (χ0v) is 7.47. The molecule has 0 fully saturated rings. The standard InChI is InChI=1S/C12H9O2/c13-10-6-8-12(9-7-10)14-11-4-2-1-3-5-11/h1-4,6-9,13H. The van der Waals surface area contributed by atoms with Crippen molar-refractivity contribution in [1.29, 1.82) is 0 Å². The normalized spacial score (nSPS) is 9.71. The molecule has 2 heteroatoms. The fourth-order valence-corrected chi connectivity index (χ4v) is 1.08. The van der Waals surface area contributed by atoms with Crippen LogP contribution in [0.3, 0.4) is 0 Å². The highest BCUT2D eigenvalue weighted by Gasteiger charge is 1.95. The summed E-state index contributed by atoms with van der Waals surface area (Å²) in [5.74, 6) is 1.58. The second kappa shape index (κ2) is 3.83. The van der Waals surface area contributed by atoms with Crippen molar-refractivity contribution in [2.75, 3.05) is 0 Å². The van der Waals surface area contributed by atoms with Crippen LogP contribution in [-0.4, -0.2) is 5.11 Å². The van der Waals surface area contributed by atoms with E-state index in [0.29, 0.717) is 11.5 Å². The van der Waals surface area contributed by atoms with E-state index in [9.17, 15) is 0 Å². The molecular weight excluding hydrogens is 176 g/mol. The molecule has 0 aliphatic carbocycles. The van der Waals surface area contributed by atoms with E-state index >= 15 is 0 Å². The van der Waals surface area contributed by atoms with Gasteiger partial charge in [0.1, 0.15) is 17.2 Å². The number of hydrogen-bond acceptors (Lipinski definition) is 2. The molecule has 0 saturated heterocycles. The predicted octanol–water partition coefficient (Wildman–Crippen LogP) is 2.98. The molecule has 0 aliphatic rings. The molecule has 0 aromatic heterocycles. The second-order valence-corrected chi connectivity index (χ2v) is 2.82. The summed E-state index contributed by atoms with van der Waals surface area (Å²) in [6.07, 6.45) is 0. The highest BCUT2D eigenvalue weighted by atomic mass is 16.5. The Morgan fingerprint density at radius 3 is 2.43 bits per heavy atom. The van der Waals surface area contributed by atoms with Crippen LogP contribution < -0.4 is 4.74 Å². The first-order chi connectivity index (χ1) is 6.84. The zero-order valence-electron chi connectivity index (χ0n) is 7.47. The molecule has 1 radical (unpaired) electrons. The number of ether oxygens (including phenoxy) is 1. The summed E-state index contributed by atoms with van der Waals surface area (Å²) in [7, 11) is 0. The third-order valence-corrected chi connectivity index (χ3v) is 1.75. The Kier molecular flexibility index (Phi) is 2.36. The SMILES string of the molecule is Oc1ccc(Oc2[c]cccc2)cc1. The van der Waals surface area contributed by atoms with E-state index in [1.165, 1.54) is 0 Å². The molecule has 69 valence electrons. The van der Waals surface area contributed by atoms with E-state index in [0.717, 1.165) is 0 Å². The molecule has 0 amide bonds. The molecule has 0 spiro atoms. The Labute approximate surface area is 82.4 Å². The van der Waals surface area contributed by atoms with Crippen molar-refractivity contribution in [2.24, 2.45) is 0 Å². The number of phenolic OH excluding ortho intramolecular Hbond substituents is 1. The lowest BCUT2D eigenvalue weighted by molar-refractivity contribution is 0.464. The van der Waals surface area contributed by atoms with E-state index in [1.54, 1.807) is 30.3 Å². The lowest BCUT2D eigenvalue weighted by Gasteiger charge is -2.04. The van der Waals surface area contributed by atoms with Crippen LogP contribution in [0.4, 0.5) is 0 Å². The first kappa shape index (κ1) is 8.63. The molecule has 14 heavy (non-hydrogen) atoms.